The van der Waals surface area contributed by atoms with Crippen LogP contribution in [0.15, 0.2) is 47.4 Å². The molecule has 42 heavy (non-hydrogen) atoms. The summed E-state index contributed by atoms with van der Waals surface area (Å²) in [6.07, 6.45) is 12.3. The predicted molar refractivity (Wildman–Crippen MR) is 163 cm³/mol. The van der Waals surface area contributed by atoms with Crippen molar-refractivity contribution in [1.82, 2.24) is 19.9 Å². The van der Waals surface area contributed by atoms with Crippen molar-refractivity contribution in [3.63, 3.8) is 0 Å². The Balaban J connectivity index is 1.49. The number of halogens is 2. The fraction of sp³-hybridized carbons (Fsp3) is 0.433. The first-order valence-electron chi connectivity index (χ1n) is 14.3. The Morgan fingerprint density at radius 2 is 1.93 bits per heavy atom. The van der Waals surface area contributed by atoms with Crippen molar-refractivity contribution in [2.24, 2.45) is 16.8 Å². The highest BCUT2D eigenvalue weighted by molar-refractivity contribution is 7.92. The molecule has 12 heteroatoms. The summed E-state index contributed by atoms with van der Waals surface area (Å²) in [5, 5.41) is 3.37. The summed E-state index contributed by atoms with van der Waals surface area (Å²) in [6.45, 7) is 5.87. The third kappa shape index (κ3) is 5.69. The van der Waals surface area contributed by atoms with Gasteiger partial charge in [-0.2, -0.15) is 0 Å². The van der Waals surface area contributed by atoms with Gasteiger partial charge >= 0.3 is 0 Å². The van der Waals surface area contributed by atoms with Gasteiger partial charge in [0.2, 0.25) is 16.0 Å². The number of rotatable bonds is 8. The number of nitrogens with zero attached hydrogens (tertiary/aromatic N) is 5. The smallest absolute Gasteiger partial charge is 0.233 e. The molecule has 0 spiro atoms. The number of sulfonamides is 1. The lowest BCUT2D eigenvalue weighted by Crippen LogP contribution is -2.41. The minimum atomic E-state index is -3.79. The highest BCUT2D eigenvalue weighted by Crippen LogP contribution is 2.36. The standard InChI is InChI=1S/C30H35F2N7O2S/c1-18-12-21(14-34-13-19(18)2)23-16-39(26-15-35-30(36-28(23)26)38(3)22-8-10-33-11-9-22)29-24(31)6-7-25(27(29)32)37-42(40,41)17-20-4-5-20/h6-7,12-16,19-20,22,33,37H,4-5,8-11,17H2,1-3H3. The average Bonchev–Trinajstić information content (AvgIpc) is 3.73. The van der Waals surface area contributed by atoms with Crippen LogP contribution in [0.1, 0.15) is 45.1 Å². The molecule has 3 aliphatic rings. The first-order valence-corrected chi connectivity index (χ1v) is 16.0. The topological polar surface area (TPSA) is 105 Å². The van der Waals surface area contributed by atoms with E-state index < -0.39 is 27.3 Å². The van der Waals surface area contributed by atoms with Crippen molar-refractivity contribution < 1.29 is 17.2 Å². The number of nitrogens with one attached hydrogen (secondary N) is 2. The lowest BCUT2D eigenvalue weighted by Gasteiger charge is -2.31. The number of fused-ring (bicyclic) bond motifs is 1. The van der Waals surface area contributed by atoms with Gasteiger partial charge in [0.05, 0.1) is 23.2 Å². The van der Waals surface area contributed by atoms with Crippen molar-refractivity contribution in [2.75, 3.05) is 35.5 Å². The molecule has 9 nitrogen and oxygen atoms in total. The molecule has 2 N–H and O–H groups in total. The second-order valence-electron chi connectivity index (χ2n) is 11.6. The van der Waals surface area contributed by atoms with Gasteiger partial charge in [-0.1, -0.05) is 18.6 Å². The highest BCUT2D eigenvalue weighted by atomic mass is 32.2. The van der Waals surface area contributed by atoms with Gasteiger partial charge in [-0.3, -0.25) is 9.71 Å². The molecule has 3 aromatic rings. The summed E-state index contributed by atoms with van der Waals surface area (Å²) < 4.78 is 60.4. The fourth-order valence-electron chi connectivity index (χ4n) is 5.50. The molecule has 0 bridgehead atoms. The van der Waals surface area contributed by atoms with Crippen LogP contribution in [0.5, 0.6) is 0 Å². The lowest BCUT2D eigenvalue weighted by molar-refractivity contribution is 0.440. The van der Waals surface area contributed by atoms with E-state index in [0.717, 1.165) is 62.1 Å². The summed E-state index contributed by atoms with van der Waals surface area (Å²) >= 11 is 0. The summed E-state index contributed by atoms with van der Waals surface area (Å²) in [5.41, 5.74) is 2.64. The maximum absolute atomic E-state index is 16.0. The third-order valence-electron chi connectivity index (χ3n) is 8.36. The zero-order valence-electron chi connectivity index (χ0n) is 23.9. The Bertz CT molecular complexity index is 1720. The molecule has 4 heterocycles. The van der Waals surface area contributed by atoms with Crippen LogP contribution >= 0.6 is 0 Å². The molecule has 6 rings (SSSR count). The maximum Gasteiger partial charge on any atom is 0.233 e. The molecule has 1 saturated heterocycles. The van der Waals surface area contributed by atoms with E-state index in [4.69, 9.17) is 4.98 Å². The van der Waals surface area contributed by atoms with Crippen LogP contribution < -0.4 is 14.9 Å². The van der Waals surface area contributed by atoms with Gasteiger partial charge in [0.25, 0.3) is 0 Å². The number of hydrogen-bond donors (Lipinski definition) is 2. The van der Waals surface area contributed by atoms with Crippen molar-refractivity contribution in [1.29, 1.82) is 0 Å². The average molecular weight is 596 g/mol. The van der Waals surface area contributed by atoms with E-state index >= 15 is 8.78 Å². The molecular weight excluding hydrogens is 560 g/mol. The summed E-state index contributed by atoms with van der Waals surface area (Å²) in [6, 6.07) is 2.44. The van der Waals surface area contributed by atoms with Crippen molar-refractivity contribution in [3.8, 4) is 5.69 Å². The minimum absolute atomic E-state index is 0.0746. The van der Waals surface area contributed by atoms with E-state index in [9.17, 15) is 8.42 Å². The van der Waals surface area contributed by atoms with Crippen LogP contribution in [0, 0.1) is 23.5 Å². The molecule has 2 fully saturated rings. The number of aliphatic imine (C=N–C) groups is 1. The molecular formula is C30H35F2N7O2S. The number of aromatic nitrogens is 3. The molecule has 1 aliphatic carbocycles. The summed E-state index contributed by atoms with van der Waals surface area (Å²) in [5.74, 6) is -1.23. The molecule has 0 radical (unpaired) electrons. The zero-order valence-corrected chi connectivity index (χ0v) is 24.8. The van der Waals surface area contributed by atoms with Gasteiger partial charge in [-0.15, -0.1) is 0 Å². The van der Waals surface area contributed by atoms with Crippen molar-refractivity contribution in [2.45, 2.75) is 45.6 Å². The molecule has 1 aromatic carbocycles. The van der Waals surface area contributed by atoms with Gasteiger partial charge in [0, 0.05) is 48.8 Å². The zero-order chi connectivity index (χ0) is 29.6. The number of anilines is 2. The summed E-state index contributed by atoms with van der Waals surface area (Å²) in [7, 11) is -1.83. The van der Waals surface area contributed by atoms with E-state index in [1.54, 1.807) is 18.6 Å². The largest absolute Gasteiger partial charge is 0.341 e. The Morgan fingerprint density at radius 1 is 1.17 bits per heavy atom. The van der Waals surface area contributed by atoms with Gasteiger partial charge in [0.15, 0.2) is 5.82 Å². The number of allylic oxidation sites excluding steroid dienone is 3. The van der Waals surface area contributed by atoms with Crippen LogP contribution in [0.2, 0.25) is 0 Å². The minimum Gasteiger partial charge on any atom is -0.341 e. The molecule has 1 saturated carbocycles. The van der Waals surface area contributed by atoms with Crippen LogP contribution in [0.4, 0.5) is 20.4 Å². The molecule has 222 valence electrons. The van der Waals surface area contributed by atoms with Crippen LogP contribution in [-0.2, 0) is 10.0 Å². The second-order valence-corrected chi connectivity index (χ2v) is 13.3. The van der Waals surface area contributed by atoms with Crippen molar-refractivity contribution in [3.05, 3.63) is 59.6 Å². The van der Waals surface area contributed by atoms with Gasteiger partial charge in [-0.05, 0) is 63.7 Å². The van der Waals surface area contributed by atoms with E-state index in [0.29, 0.717) is 22.5 Å². The monoisotopic (exact) mass is 595 g/mol. The van der Waals surface area contributed by atoms with Gasteiger partial charge in [-0.25, -0.2) is 27.2 Å². The van der Waals surface area contributed by atoms with E-state index in [2.05, 4.69) is 24.9 Å². The molecule has 1 atom stereocenters. The number of hydrogen-bond acceptors (Lipinski definition) is 7. The van der Waals surface area contributed by atoms with Crippen LogP contribution in [0.25, 0.3) is 22.3 Å². The van der Waals surface area contributed by atoms with Crippen LogP contribution in [-0.4, -0.2) is 61.1 Å². The Kier molecular flexibility index (Phi) is 7.61. The Hall–Kier alpha value is -3.64. The fourth-order valence-corrected chi connectivity index (χ4v) is 7.03. The van der Waals surface area contributed by atoms with Crippen molar-refractivity contribution >= 4 is 44.5 Å². The van der Waals surface area contributed by atoms with Crippen LogP contribution in [0.3, 0.4) is 0 Å². The number of benzene rings is 1. The quantitative estimate of drug-likeness (QED) is 0.378. The van der Waals surface area contributed by atoms with Gasteiger partial charge in [0.1, 0.15) is 17.0 Å². The third-order valence-corrected chi connectivity index (χ3v) is 9.80. The van der Waals surface area contributed by atoms with Gasteiger partial charge < -0.3 is 14.8 Å². The summed E-state index contributed by atoms with van der Waals surface area (Å²) in [4.78, 5) is 16.0. The molecule has 2 aliphatic heterocycles. The first kappa shape index (κ1) is 28.5. The maximum atomic E-state index is 16.0. The highest BCUT2D eigenvalue weighted by Gasteiger charge is 2.30. The Morgan fingerprint density at radius 3 is 2.67 bits per heavy atom. The number of piperidine rings is 1. The van der Waals surface area contributed by atoms with E-state index in [1.807, 2.05) is 33.2 Å². The lowest BCUT2D eigenvalue weighted by atomic mass is 10.00. The Labute approximate surface area is 244 Å². The second kappa shape index (κ2) is 11.2. The molecule has 0 amide bonds. The van der Waals surface area contributed by atoms with E-state index in [1.165, 1.54) is 4.57 Å². The van der Waals surface area contributed by atoms with E-state index in [-0.39, 0.29) is 29.3 Å². The predicted octanol–water partition coefficient (Wildman–Crippen LogP) is 5.05. The SMILES string of the molecule is CC1=CC(c2cn(-c3c(F)ccc(NS(=O)(=O)CC4CC4)c3F)c3cnc(N(C)C4CCNCC4)nc23)=CN=CC1C. The molecule has 2 aromatic heterocycles. The normalized spacial score (nSPS) is 19.9. The molecule has 1 unspecified atom stereocenters. The first-order chi connectivity index (χ1) is 20.1.